The number of rotatable bonds is 1. The summed E-state index contributed by atoms with van der Waals surface area (Å²) in [6.45, 7) is 2.56. The smallest absolute Gasteiger partial charge is 0.311 e. The molecule has 3 aliphatic heterocycles. The number of carboxylic acid groups (broad SMARTS) is 1. The van der Waals surface area contributed by atoms with E-state index >= 15 is 0 Å². The van der Waals surface area contributed by atoms with Crippen LogP contribution in [0.5, 0.6) is 0 Å². The second-order valence-electron chi connectivity index (χ2n) is 3.87. The van der Waals surface area contributed by atoms with Gasteiger partial charge in [0.2, 0.25) is 0 Å². The fourth-order valence-corrected chi connectivity index (χ4v) is 2.33. The van der Waals surface area contributed by atoms with Gasteiger partial charge in [-0.3, -0.25) is 4.79 Å². The van der Waals surface area contributed by atoms with Gasteiger partial charge < -0.3 is 15.7 Å². The van der Waals surface area contributed by atoms with Gasteiger partial charge >= 0.3 is 5.97 Å². The van der Waals surface area contributed by atoms with E-state index in [1.54, 1.807) is 0 Å². The molecule has 0 aromatic carbocycles. The average Bonchev–Trinajstić information content (AvgIpc) is 2.05. The lowest BCUT2D eigenvalue weighted by Crippen LogP contribution is -2.63. The predicted molar refractivity (Wildman–Crippen MR) is 43.7 cm³/mol. The second kappa shape index (κ2) is 2.44. The zero-order valence-electron chi connectivity index (χ0n) is 6.99. The molecule has 1 unspecified atom stereocenters. The minimum Gasteiger partial charge on any atom is -0.481 e. The van der Waals surface area contributed by atoms with Crippen LogP contribution in [0.4, 0.5) is 0 Å². The summed E-state index contributed by atoms with van der Waals surface area (Å²) in [7, 11) is 0. The van der Waals surface area contributed by atoms with Crippen molar-refractivity contribution in [2.45, 2.75) is 18.9 Å². The highest BCUT2D eigenvalue weighted by Crippen LogP contribution is 2.39. The Morgan fingerprint density at radius 3 is 2.42 bits per heavy atom. The molecule has 2 bridgehead atoms. The van der Waals surface area contributed by atoms with Crippen molar-refractivity contribution in [2.75, 3.05) is 19.6 Å². The third-order valence-electron chi connectivity index (χ3n) is 3.34. The van der Waals surface area contributed by atoms with E-state index < -0.39 is 11.4 Å². The summed E-state index contributed by atoms with van der Waals surface area (Å²) in [4.78, 5) is 13.3. The van der Waals surface area contributed by atoms with Crippen molar-refractivity contribution in [1.29, 1.82) is 0 Å². The molecule has 3 saturated heterocycles. The standard InChI is InChI=1S/C8H14N2O2/c9-6-5-10-3-1-8(6,2-4-10)7(11)12/h6H,1-5,9H2,(H,11,12). The van der Waals surface area contributed by atoms with Crippen LogP contribution in [0, 0.1) is 5.41 Å². The number of nitrogens with zero attached hydrogens (tertiary/aromatic N) is 1. The molecule has 1 atom stereocenters. The van der Waals surface area contributed by atoms with Gasteiger partial charge in [0.25, 0.3) is 0 Å². The number of hydrogen-bond acceptors (Lipinski definition) is 3. The highest BCUT2D eigenvalue weighted by molar-refractivity contribution is 5.76. The lowest BCUT2D eigenvalue weighted by atomic mass is 9.69. The number of nitrogens with two attached hydrogens (primary N) is 1. The summed E-state index contributed by atoms with van der Waals surface area (Å²) in [5, 5.41) is 9.09. The van der Waals surface area contributed by atoms with Crippen LogP contribution in [0.2, 0.25) is 0 Å². The Morgan fingerprint density at radius 2 is 2.08 bits per heavy atom. The van der Waals surface area contributed by atoms with Crippen molar-refractivity contribution in [3.05, 3.63) is 0 Å². The third-order valence-corrected chi connectivity index (χ3v) is 3.34. The fraction of sp³-hybridized carbons (Fsp3) is 0.875. The lowest BCUT2D eigenvalue weighted by molar-refractivity contribution is -0.158. The average molecular weight is 170 g/mol. The quantitative estimate of drug-likeness (QED) is 0.556. The zero-order chi connectivity index (χ0) is 8.77. The van der Waals surface area contributed by atoms with Crippen molar-refractivity contribution in [3.63, 3.8) is 0 Å². The molecule has 12 heavy (non-hydrogen) atoms. The Balaban J connectivity index is 2.26. The summed E-state index contributed by atoms with van der Waals surface area (Å²) in [6, 6.07) is -0.169. The van der Waals surface area contributed by atoms with E-state index in [9.17, 15) is 4.79 Å². The summed E-state index contributed by atoms with van der Waals surface area (Å²) in [5.41, 5.74) is 5.23. The van der Waals surface area contributed by atoms with Crippen molar-refractivity contribution < 1.29 is 9.90 Å². The van der Waals surface area contributed by atoms with Gasteiger partial charge in [-0.05, 0) is 25.9 Å². The van der Waals surface area contributed by atoms with Crippen molar-refractivity contribution in [3.8, 4) is 0 Å². The van der Waals surface area contributed by atoms with Crippen LogP contribution in [0.1, 0.15) is 12.8 Å². The topological polar surface area (TPSA) is 66.6 Å². The van der Waals surface area contributed by atoms with Crippen LogP contribution < -0.4 is 5.73 Å². The van der Waals surface area contributed by atoms with E-state index in [0.717, 1.165) is 32.5 Å². The molecule has 3 rings (SSSR count). The maximum atomic E-state index is 11.0. The van der Waals surface area contributed by atoms with Crippen LogP contribution in [0.15, 0.2) is 0 Å². The highest BCUT2D eigenvalue weighted by Gasteiger charge is 2.50. The number of fused-ring (bicyclic) bond motifs is 3. The van der Waals surface area contributed by atoms with Crippen LogP contribution in [-0.4, -0.2) is 41.7 Å². The molecule has 0 amide bonds. The van der Waals surface area contributed by atoms with Crippen molar-refractivity contribution in [1.82, 2.24) is 4.90 Å². The van der Waals surface area contributed by atoms with Gasteiger partial charge in [-0.15, -0.1) is 0 Å². The molecule has 0 spiro atoms. The van der Waals surface area contributed by atoms with Crippen LogP contribution in [0.25, 0.3) is 0 Å². The Bertz CT molecular complexity index is 209. The molecule has 68 valence electrons. The Morgan fingerprint density at radius 1 is 1.50 bits per heavy atom. The Labute approximate surface area is 71.3 Å². The summed E-state index contributed by atoms with van der Waals surface area (Å²) < 4.78 is 0. The number of carboxylic acids is 1. The maximum Gasteiger partial charge on any atom is 0.311 e. The SMILES string of the molecule is NC1CN2CCC1(C(=O)O)CC2. The van der Waals surface area contributed by atoms with E-state index in [2.05, 4.69) is 4.90 Å². The van der Waals surface area contributed by atoms with Crippen molar-refractivity contribution >= 4 is 5.97 Å². The van der Waals surface area contributed by atoms with E-state index in [1.165, 1.54) is 0 Å². The monoisotopic (exact) mass is 170 g/mol. The first-order valence-corrected chi connectivity index (χ1v) is 4.36. The largest absolute Gasteiger partial charge is 0.481 e. The number of piperidine rings is 3. The molecule has 3 N–H and O–H groups in total. The van der Waals surface area contributed by atoms with Gasteiger partial charge in [0.15, 0.2) is 0 Å². The zero-order valence-corrected chi connectivity index (χ0v) is 6.99. The minimum absolute atomic E-state index is 0.169. The van der Waals surface area contributed by atoms with E-state index in [-0.39, 0.29) is 6.04 Å². The number of hydrogen-bond donors (Lipinski definition) is 2. The van der Waals surface area contributed by atoms with Gasteiger partial charge in [-0.25, -0.2) is 0 Å². The minimum atomic E-state index is -0.700. The van der Waals surface area contributed by atoms with E-state index in [0.29, 0.717) is 0 Å². The first kappa shape index (κ1) is 8.01. The number of carbonyl (C=O) groups is 1. The molecular formula is C8H14N2O2. The van der Waals surface area contributed by atoms with Crippen molar-refractivity contribution in [2.24, 2.45) is 11.1 Å². The second-order valence-corrected chi connectivity index (χ2v) is 3.87. The van der Waals surface area contributed by atoms with Crippen LogP contribution >= 0.6 is 0 Å². The van der Waals surface area contributed by atoms with Gasteiger partial charge in [0, 0.05) is 12.6 Å². The molecule has 3 aliphatic rings. The fourth-order valence-electron chi connectivity index (χ4n) is 2.33. The molecule has 4 heteroatoms. The summed E-state index contributed by atoms with van der Waals surface area (Å²) >= 11 is 0. The molecule has 4 nitrogen and oxygen atoms in total. The highest BCUT2D eigenvalue weighted by atomic mass is 16.4. The normalized spacial score (nSPS) is 46.1. The Kier molecular flexibility index (Phi) is 1.63. The molecular weight excluding hydrogens is 156 g/mol. The first-order chi connectivity index (χ1) is 5.65. The Hall–Kier alpha value is -0.610. The lowest BCUT2D eigenvalue weighted by Gasteiger charge is -2.49. The van der Waals surface area contributed by atoms with Gasteiger partial charge in [0.05, 0.1) is 5.41 Å². The first-order valence-electron chi connectivity index (χ1n) is 4.36. The molecule has 0 aromatic heterocycles. The number of aliphatic carboxylic acids is 1. The molecule has 3 fully saturated rings. The summed E-state index contributed by atoms with van der Waals surface area (Å²) in [6.07, 6.45) is 1.45. The van der Waals surface area contributed by atoms with E-state index in [4.69, 9.17) is 10.8 Å². The van der Waals surface area contributed by atoms with Crippen LogP contribution in [0.3, 0.4) is 0 Å². The van der Waals surface area contributed by atoms with E-state index in [1.807, 2.05) is 0 Å². The molecule has 0 radical (unpaired) electrons. The summed E-state index contributed by atoms with van der Waals surface area (Å²) in [5.74, 6) is -0.700. The molecule has 0 aliphatic carbocycles. The molecule has 0 aromatic rings. The third kappa shape index (κ3) is 0.881. The van der Waals surface area contributed by atoms with Gasteiger partial charge in [-0.2, -0.15) is 0 Å². The maximum absolute atomic E-state index is 11.0. The van der Waals surface area contributed by atoms with Crippen LogP contribution in [-0.2, 0) is 4.79 Å². The van der Waals surface area contributed by atoms with Gasteiger partial charge in [-0.1, -0.05) is 0 Å². The molecule has 0 saturated carbocycles. The molecule has 3 heterocycles. The predicted octanol–water partition coefficient (Wildman–Crippen LogP) is -0.506. The van der Waals surface area contributed by atoms with Gasteiger partial charge in [0.1, 0.15) is 0 Å².